The van der Waals surface area contributed by atoms with Crippen LogP contribution in [-0.4, -0.2) is 96.7 Å². The number of hydrogen-bond acceptors (Lipinski definition) is 15. The summed E-state index contributed by atoms with van der Waals surface area (Å²) in [7, 11) is -9.90. The van der Waals surface area contributed by atoms with Gasteiger partial charge in [0.2, 0.25) is 0 Å². The lowest BCUT2D eigenvalue weighted by molar-refractivity contribution is -0.161. The minimum atomic E-state index is -4.95. The fourth-order valence-corrected chi connectivity index (χ4v) is 12.5. The van der Waals surface area contributed by atoms with Gasteiger partial charge >= 0.3 is 39.5 Å². The van der Waals surface area contributed by atoms with E-state index in [-0.39, 0.29) is 25.7 Å². The molecule has 0 saturated heterocycles. The van der Waals surface area contributed by atoms with Crippen LogP contribution < -0.4 is 0 Å². The van der Waals surface area contributed by atoms with Crippen LogP contribution in [0.1, 0.15) is 369 Å². The maximum Gasteiger partial charge on any atom is 0.472 e. The maximum absolute atomic E-state index is 13.0. The number of unbranched alkanes of at least 4 members (excludes halogenated alkanes) is 40. The fourth-order valence-electron chi connectivity index (χ4n) is 10.9. The topological polar surface area (TPSA) is 237 Å². The third kappa shape index (κ3) is 65.1. The van der Waals surface area contributed by atoms with Crippen molar-refractivity contribution in [2.45, 2.75) is 387 Å². The molecule has 17 nitrogen and oxygen atoms in total. The second kappa shape index (κ2) is 64.1. The minimum absolute atomic E-state index is 0.106. The number of hydrogen-bond donors (Lipinski definition) is 3. The summed E-state index contributed by atoms with van der Waals surface area (Å²) in [5.74, 6) is -0.505. The second-order valence-corrected chi connectivity index (χ2v) is 29.6. The molecule has 0 fully saturated rings. The van der Waals surface area contributed by atoms with Crippen molar-refractivity contribution < 1.29 is 80.2 Å². The molecule has 0 saturated carbocycles. The highest BCUT2D eigenvalue weighted by Gasteiger charge is 2.30. The van der Waals surface area contributed by atoms with E-state index in [9.17, 15) is 43.2 Å². The number of carbonyl (C=O) groups excluding carboxylic acids is 4. The van der Waals surface area contributed by atoms with E-state index in [4.69, 9.17) is 37.0 Å². The number of aliphatic hydroxyl groups is 1. The molecule has 0 amide bonds. The molecule has 0 aliphatic rings. The fraction of sp³-hybridized carbons (Fsp3) is 0.944. The van der Waals surface area contributed by atoms with Gasteiger partial charge in [-0.3, -0.25) is 37.3 Å². The van der Waals surface area contributed by atoms with Crippen LogP contribution in [0.2, 0.25) is 0 Å². The normalized spacial score (nSPS) is 14.4. The molecule has 0 bridgehead atoms. The van der Waals surface area contributed by atoms with Crippen molar-refractivity contribution in [2.24, 2.45) is 11.8 Å². The van der Waals surface area contributed by atoms with Crippen molar-refractivity contribution in [1.82, 2.24) is 0 Å². The summed E-state index contributed by atoms with van der Waals surface area (Å²) in [6.45, 7) is 9.60. The highest BCUT2D eigenvalue weighted by molar-refractivity contribution is 7.47. The summed E-state index contributed by atoms with van der Waals surface area (Å²) in [5.41, 5.74) is 0. The molecular weight excluding hydrogens is 1200 g/mol. The van der Waals surface area contributed by atoms with Crippen molar-refractivity contribution >= 4 is 39.5 Å². The molecule has 0 spiro atoms. The van der Waals surface area contributed by atoms with Gasteiger partial charge in [-0.25, -0.2) is 9.13 Å². The largest absolute Gasteiger partial charge is 0.472 e. The highest BCUT2D eigenvalue weighted by atomic mass is 31.2. The molecule has 0 rings (SSSR count). The second-order valence-electron chi connectivity index (χ2n) is 26.7. The third-order valence-corrected chi connectivity index (χ3v) is 19.0. The Kier molecular flexibility index (Phi) is 62.7. The first kappa shape index (κ1) is 89.1. The van der Waals surface area contributed by atoms with Gasteiger partial charge in [0.25, 0.3) is 0 Å². The van der Waals surface area contributed by atoms with Gasteiger partial charge in [-0.05, 0) is 37.5 Å². The summed E-state index contributed by atoms with van der Waals surface area (Å²) in [5, 5.41) is 10.6. The van der Waals surface area contributed by atoms with Gasteiger partial charge in [0.15, 0.2) is 12.2 Å². The Morgan fingerprint density at radius 3 is 0.835 bits per heavy atom. The van der Waals surface area contributed by atoms with Gasteiger partial charge in [0, 0.05) is 25.7 Å². The van der Waals surface area contributed by atoms with Crippen molar-refractivity contribution in [1.29, 1.82) is 0 Å². The average molecular weight is 1340 g/mol. The molecule has 0 aromatic heterocycles. The number of aliphatic hydroxyl groups excluding tert-OH is 1. The van der Waals surface area contributed by atoms with Crippen molar-refractivity contribution in [3.05, 3.63) is 0 Å². The van der Waals surface area contributed by atoms with Crippen molar-refractivity contribution in [3.63, 3.8) is 0 Å². The van der Waals surface area contributed by atoms with Crippen LogP contribution >= 0.6 is 15.6 Å². The molecule has 540 valence electrons. The van der Waals surface area contributed by atoms with E-state index >= 15 is 0 Å². The number of rotatable bonds is 71. The molecular formula is C72H140O17P2. The molecule has 0 aliphatic heterocycles. The standard InChI is InChI=1S/C72H140O17P2/c1-7-10-12-14-16-18-31-38-44-50-56-71(76)88-67(60-82-69(74)54-48-42-36-28-17-15-13-11-8-2)62-86-90(78,79)84-58-66(73)59-85-91(80,81)87-63-68(61-83-70(75)55-49-43-37-32-27-23-24-29-34-40-46-52-64(4)5)89-72(77)57-51-45-39-33-26-22-20-19-21-25-30-35-41-47-53-65(6)9-3/h64-68,73H,7-63H2,1-6H3,(H,78,79)(H,80,81)/t65?,66-,67+,68+/m0/s1. The minimum Gasteiger partial charge on any atom is -0.462 e. The lowest BCUT2D eigenvalue weighted by Crippen LogP contribution is -2.30. The zero-order valence-electron chi connectivity index (χ0n) is 59.1. The Morgan fingerprint density at radius 2 is 0.560 bits per heavy atom. The van der Waals surface area contributed by atoms with E-state index in [1.54, 1.807) is 0 Å². The maximum atomic E-state index is 13.0. The smallest absolute Gasteiger partial charge is 0.462 e. The summed E-state index contributed by atoms with van der Waals surface area (Å²) in [6, 6.07) is 0. The predicted molar refractivity (Wildman–Crippen MR) is 368 cm³/mol. The first-order chi connectivity index (χ1) is 43.9. The van der Waals surface area contributed by atoms with Crippen LogP contribution in [0.25, 0.3) is 0 Å². The lowest BCUT2D eigenvalue weighted by atomic mass is 9.99. The Hall–Kier alpha value is -1.94. The van der Waals surface area contributed by atoms with E-state index in [0.29, 0.717) is 25.7 Å². The number of ether oxygens (including phenoxy) is 4. The van der Waals surface area contributed by atoms with Gasteiger partial charge in [-0.1, -0.05) is 318 Å². The predicted octanol–water partition coefficient (Wildman–Crippen LogP) is 20.8. The van der Waals surface area contributed by atoms with E-state index in [0.717, 1.165) is 102 Å². The van der Waals surface area contributed by atoms with Crippen molar-refractivity contribution in [3.8, 4) is 0 Å². The monoisotopic (exact) mass is 1340 g/mol. The van der Waals surface area contributed by atoms with E-state index in [1.807, 2.05) is 0 Å². The van der Waals surface area contributed by atoms with Crippen LogP contribution in [-0.2, 0) is 65.4 Å². The first-order valence-electron chi connectivity index (χ1n) is 37.5. The number of phosphoric ester groups is 2. The Balaban J connectivity index is 5.22. The van der Waals surface area contributed by atoms with Gasteiger partial charge in [-0.2, -0.15) is 0 Å². The zero-order valence-corrected chi connectivity index (χ0v) is 60.9. The number of carbonyl (C=O) groups is 4. The Labute approximate surface area is 556 Å². The summed E-state index contributed by atoms with van der Waals surface area (Å²) < 4.78 is 68.3. The molecule has 19 heteroatoms. The number of esters is 4. The molecule has 3 N–H and O–H groups in total. The SMILES string of the molecule is CCCCCCCCCCCCC(=O)O[C@H](COC(=O)CCCCCCCCCCC)COP(=O)(O)OC[C@H](O)COP(=O)(O)OC[C@@H](COC(=O)CCCCCCCCCCCCCC(C)C)OC(=O)CCCCCCCCCCCCCCCCC(C)CC. The highest BCUT2D eigenvalue weighted by Crippen LogP contribution is 2.45. The molecule has 6 atom stereocenters. The van der Waals surface area contributed by atoms with Crippen molar-refractivity contribution in [2.75, 3.05) is 39.6 Å². The molecule has 0 aromatic carbocycles. The summed E-state index contributed by atoms with van der Waals surface area (Å²) in [4.78, 5) is 72.5. The first-order valence-corrected chi connectivity index (χ1v) is 40.5. The van der Waals surface area contributed by atoms with Gasteiger partial charge in [0.1, 0.15) is 19.3 Å². The number of phosphoric acid groups is 2. The van der Waals surface area contributed by atoms with Crippen LogP contribution in [0.15, 0.2) is 0 Å². The quantitative estimate of drug-likeness (QED) is 0.0222. The summed E-state index contributed by atoms with van der Waals surface area (Å²) in [6.07, 6.45) is 49.8. The lowest BCUT2D eigenvalue weighted by Gasteiger charge is -2.21. The van der Waals surface area contributed by atoms with Gasteiger partial charge in [0.05, 0.1) is 26.4 Å². The van der Waals surface area contributed by atoms with E-state index in [1.165, 1.54) is 186 Å². The van der Waals surface area contributed by atoms with Crippen LogP contribution in [0.4, 0.5) is 0 Å². The third-order valence-electron chi connectivity index (χ3n) is 17.1. The molecule has 0 aromatic rings. The van der Waals surface area contributed by atoms with Gasteiger partial charge < -0.3 is 33.8 Å². The van der Waals surface area contributed by atoms with Crippen LogP contribution in [0, 0.1) is 11.8 Å². The Bertz CT molecular complexity index is 1770. The summed E-state index contributed by atoms with van der Waals surface area (Å²) >= 11 is 0. The van der Waals surface area contributed by atoms with Crippen LogP contribution in [0.5, 0.6) is 0 Å². The zero-order chi connectivity index (χ0) is 67.2. The molecule has 91 heavy (non-hydrogen) atoms. The average Bonchev–Trinajstić information content (AvgIpc) is 3.70. The molecule has 0 heterocycles. The van der Waals surface area contributed by atoms with E-state index < -0.39 is 97.5 Å². The molecule has 3 unspecified atom stereocenters. The van der Waals surface area contributed by atoms with E-state index in [2.05, 4.69) is 41.5 Å². The Morgan fingerprint density at radius 1 is 0.319 bits per heavy atom. The van der Waals surface area contributed by atoms with Crippen LogP contribution in [0.3, 0.4) is 0 Å². The molecule has 0 aliphatic carbocycles. The van der Waals surface area contributed by atoms with Gasteiger partial charge in [-0.15, -0.1) is 0 Å². The molecule has 0 radical (unpaired) electrons.